The summed E-state index contributed by atoms with van der Waals surface area (Å²) >= 11 is 1.90. The molecule has 3 rings (SSSR count). The third-order valence-electron chi connectivity index (χ3n) is 4.80. The Morgan fingerprint density at radius 2 is 2.15 bits per heavy atom. The molecule has 1 aromatic heterocycles. The van der Waals surface area contributed by atoms with Gasteiger partial charge in [0.25, 0.3) is 0 Å². The molecule has 0 unspecified atom stereocenters. The Hall–Kier alpha value is -0.450. The highest BCUT2D eigenvalue weighted by molar-refractivity contribution is 7.11. The maximum atomic E-state index is 4.60. The van der Waals surface area contributed by atoms with Crippen LogP contribution in [0.25, 0.3) is 0 Å². The predicted octanol–water partition coefficient (Wildman–Crippen LogP) is 3.20. The molecule has 0 aromatic carbocycles. The van der Waals surface area contributed by atoms with Crippen molar-refractivity contribution in [1.82, 2.24) is 15.2 Å². The van der Waals surface area contributed by atoms with Gasteiger partial charge in [-0.3, -0.25) is 4.90 Å². The molecule has 1 spiro atoms. The molecule has 112 valence electrons. The first-order chi connectivity index (χ1) is 9.80. The van der Waals surface area contributed by atoms with Gasteiger partial charge in [-0.1, -0.05) is 26.2 Å². The molecule has 4 heteroatoms. The molecular formula is C16H27N3S. The van der Waals surface area contributed by atoms with Gasteiger partial charge in [0.1, 0.15) is 5.01 Å². The van der Waals surface area contributed by atoms with Crippen molar-refractivity contribution >= 4 is 11.3 Å². The second-order valence-corrected chi connectivity index (χ2v) is 7.61. The molecule has 3 nitrogen and oxygen atoms in total. The number of nitrogens with one attached hydrogen (secondary N) is 1. The summed E-state index contributed by atoms with van der Waals surface area (Å²) in [5, 5.41) is 5.17. The van der Waals surface area contributed by atoms with Crippen molar-refractivity contribution in [3.05, 3.63) is 16.1 Å². The first kappa shape index (κ1) is 14.5. The van der Waals surface area contributed by atoms with E-state index in [1.54, 1.807) is 0 Å². The molecule has 1 aliphatic carbocycles. The fourth-order valence-corrected chi connectivity index (χ4v) is 4.60. The summed E-state index contributed by atoms with van der Waals surface area (Å²) in [5.74, 6) is 0. The minimum Gasteiger partial charge on any atom is -0.310 e. The second-order valence-electron chi connectivity index (χ2n) is 6.41. The molecule has 1 N–H and O–H groups in total. The third-order valence-corrected chi connectivity index (χ3v) is 5.92. The minimum atomic E-state index is 0.402. The average molecular weight is 293 g/mol. The monoisotopic (exact) mass is 293 g/mol. The van der Waals surface area contributed by atoms with Crippen LogP contribution in [0.15, 0.2) is 6.20 Å². The number of nitrogens with zero attached hydrogens (tertiary/aromatic N) is 2. The van der Waals surface area contributed by atoms with Crippen molar-refractivity contribution < 1.29 is 0 Å². The van der Waals surface area contributed by atoms with Crippen LogP contribution in [0, 0.1) is 0 Å². The molecule has 0 amide bonds. The molecule has 2 aliphatic rings. The lowest BCUT2D eigenvalue weighted by Gasteiger charge is -2.39. The summed E-state index contributed by atoms with van der Waals surface area (Å²) in [6, 6.07) is 0. The van der Waals surface area contributed by atoms with Gasteiger partial charge in [0.2, 0.25) is 0 Å². The number of hydrogen-bond acceptors (Lipinski definition) is 4. The lowest BCUT2D eigenvalue weighted by molar-refractivity contribution is 0.159. The molecule has 0 radical (unpaired) electrons. The van der Waals surface area contributed by atoms with E-state index in [1.807, 2.05) is 11.3 Å². The summed E-state index contributed by atoms with van der Waals surface area (Å²) in [6.07, 6.45) is 11.4. The number of aryl methyl sites for hydroxylation is 1. The van der Waals surface area contributed by atoms with Crippen LogP contribution < -0.4 is 5.32 Å². The highest BCUT2D eigenvalue weighted by atomic mass is 32.1. The summed E-state index contributed by atoms with van der Waals surface area (Å²) in [6.45, 7) is 6.89. The van der Waals surface area contributed by atoms with E-state index in [1.165, 1.54) is 68.0 Å². The molecular weight excluding hydrogens is 266 g/mol. The van der Waals surface area contributed by atoms with Crippen LogP contribution >= 0.6 is 11.3 Å². The molecule has 2 heterocycles. The van der Waals surface area contributed by atoms with Gasteiger partial charge in [-0.2, -0.15) is 0 Å². The van der Waals surface area contributed by atoms with E-state index < -0.39 is 0 Å². The predicted molar refractivity (Wildman–Crippen MR) is 85.2 cm³/mol. The smallest absolute Gasteiger partial charge is 0.107 e. The molecule has 0 bridgehead atoms. The van der Waals surface area contributed by atoms with Gasteiger partial charge >= 0.3 is 0 Å². The van der Waals surface area contributed by atoms with Crippen LogP contribution in [0.2, 0.25) is 0 Å². The van der Waals surface area contributed by atoms with E-state index in [0.29, 0.717) is 5.54 Å². The molecule has 1 aliphatic heterocycles. The Morgan fingerprint density at radius 3 is 2.90 bits per heavy atom. The van der Waals surface area contributed by atoms with Gasteiger partial charge in [-0.05, 0) is 38.8 Å². The van der Waals surface area contributed by atoms with Crippen molar-refractivity contribution in [1.29, 1.82) is 0 Å². The third kappa shape index (κ3) is 3.41. The molecule has 1 saturated carbocycles. The number of aromatic nitrogens is 1. The largest absolute Gasteiger partial charge is 0.310 e. The summed E-state index contributed by atoms with van der Waals surface area (Å²) < 4.78 is 0. The number of thiazole rings is 1. The maximum absolute atomic E-state index is 4.60. The Bertz CT molecular complexity index is 423. The van der Waals surface area contributed by atoms with Crippen molar-refractivity contribution in [3.8, 4) is 0 Å². The second kappa shape index (κ2) is 6.54. The zero-order chi connectivity index (χ0) is 13.8. The SMILES string of the molecule is CCc1cnc(CN2CCCNC3(CCCCC3)C2)s1. The lowest BCUT2D eigenvalue weighted by atomic mass is 9.81. The van der Waals surface area contributed by atoms with Crippen LogP contribution in [0.3, 0.4) is 0 Å². The van der Waals surface area contributed by atoms with Crippen LogP contribution in [-0.4, -0.2) is 35.1 Å². The fourth-order valence-electron chi connectivity index (χ4n) is 3.69. The molecule has 1 saturated heterocycles. The Balaban J connectivity index is 1.65. The van der Waals surface area contributed by atoms with Gasteiger partial charge in [0, 0.05) is 23.2 Å². The maximum Gasteiger partial charge on any atom is 0.107 e. The number of rotatable bonds is 3. The lowest BCUT2D eigenvalue weighted by Crippen LogP contribution is -2.52. The zero-order valence-corrected chi connectivity index (χ0v) is 13.5. The van der Waals surface area contributed by atoms with Gasteiger partial charge in [0.05, 0.1) is 6.54 Å². The highest BCUT2D eigenvalue weighted by Gasteiger charge is 2.34. The molecule has 1 aromatic rings. The van der Waals surface area contributed by atoms with E-state index in [2.05, 4.69) is 28.3 Å². The normalized spacial score (nSPS) is 23.9. The van der Waals surface area contributed by atoms with Crippen LogP contribution in [-0.2, 0) is 13.0 Å². The quantitative estimate of drug-likeness (QED) is 0.927. The minimum absolute atomic E-state index is 0.402. The summed E-state index contributed by atoms with van der Waals surface area (Å²) in [4.78, 5) is 8.66. The van der Waals surface area contributed by atoms with Crippen LogP contribution in [0.1, 0.15) is 55.3 Å². The standard InChI is InChI=1S/C16H27N3S/c1-2-14-11-17-15(20-14)12-19-10-6-9-18-16(13-19)7-4-3-5-8-16/h11,18H,2-10,12-13H2,1H3. The van der Waals surface area contributed by atoms with E-state index in [-0.39, 0.29) is 0 Å². The Kier molecular flexibility index (Phi) is 4.74. The van der Waals surface area contributed by atoms with Gasteiger partial charge in [0.15, 0.2) is 0 Å². The van der Waals surface area contributed by atoms with E-state index in [9.17, 15) is 0 Å². The summed E-state index contributed by atoms with van der Waals surface area (Å²) in [7, 11) is 0. The van der Waals surface area contributed by atoms with Crippen LogP contribution in [0.5, 0.6) is 0 Å². The van der Waals surface area contributed by atoms with E-state index in [0.717, 1.165) is 13.0 Å². The van der Waals surface area contributed by atoms with E-state index in [4.69, 9.17) is 0 Å². The Morgan fingerprint density at radius 1 is 1.30 bits per heavy atom. The topological polar surface area (TPSA) is 28.2 Å². The Labute approximate surface area is 126 Å². The highest BCUT2D eigenvalue weighted by Crippen LogP contribution is 2.31. The van der Waals surface area contributed by atoms with Gasteiger partial charge in [-0.25, -0.2) is 4.98 Å². The molecule has 0 atom stereocenters. The van der Waals surface area contributed by atoms with Gasteiger partial charge < -0.3 is 5.32 Å². The average Bonchev–Trinajstić information content (AvgIpc) is 2.83. The van der Waals surface area contributed by atoms with Crippen molar-refractivity contribution in [3.63, 3.8) is 0 Å². The number of hydrogen-bond donors (Lipinski definition) is 1. The van der Waals surface area contributed by atoms with Crippen molar-refractivity contribution in [2.24, 2.45) is 0 Å². The summed E-state index contributed by atoms with van der Waals surface area (Å²) in [5.41, 5.74) is 0.402. The molecule has 20 heavy (non-hydrogen) atoms. The van der Waals surface area contributed by atoms with Crippen molar-refractivity contribution in [2.75, 3.05) is 19.6 Å². The fraction of sp³-hybridized carbons (Fsp3) is 0.812. The van der Waals surface area contributed by atoms with Crippen molar-refractivity contribution in [2.45, 2.75) is 64.0 Å². The molecule has 2 fully saturated rings. The van der Waals surface area contributed by atoms with Crippen LogP contribution in [0.4, 0.5) is 0 Å². The first-order valence-corrected chi connectivity index (χ1v) is 9.02. The zero-order valence-electron chi connectivity index (χ0n) is 12.7. The van der Waals surface area contributed by atoms with Gasteiger partial charge in [-0.15, -0.1) is 11.3 Å². The van der Waals surface area contributed by atoms with E-state index >= 15 is 0 Å². The first-order valence-electron chi connectivity index (χ1n) is 8.21.